The summed E-state index contributed by atoms with van der Waals surface area (Å²) in [4.78, 5) is 27.2. The lowest BCUT2D eigenvalue weighted by Crippen LogP contribution is -2.10. The molecule has 0 saturated carbocycles. The number of nitrogens with zero attached hydrogens (tertiary/aromatic N) is 1. The molecule has 116 valence electrons. The molecule has 5 heteroatoms. The van der Waals surface area contributed by atoms with Gasteiger partial charge in [-0.25, -0.2) is 4.98 Å². The second-order valence-electron chi connectivity index (χ2n) is 5.09. The van der Waals surface area contributed by atoms with Crippen LogP contribution < -0.4 is 5.32 Å². The molecule has 0 saturated heterocycles. The number of oxazole rings is 1. The van der Waals surface area contributed by atoms with Crippen molar-refractivity contribution < 1.29 is 14.0 Å². The Balaban J connectivity index is 1.52. The molecule has 0 aliphatic heterocycles. The third-order valence-electron chi connectivity index (χ3n) is 3.29. The van der Waals surface area contributed by atoms with Crippen LogP contribution in [0.5, 0.6) is 0 Å². The van der Waals surface area contributed by atoms with Gasteiger partial charge in [0, 0.05) is 18.5 Å². The van der Waals surface area contributed by atoms with Crippen LogP contribution >= 0.6 is 0 Å². The molecule has 0 fully saturated rings. The smallest absolute Gasteiger partial charge is 0.263 e. The van der Waals surface area contributed by atoms with E-state index in [0.717, 1.165) is 31.4 Å². The summed E-state index contributed by atoms with van der Waals surface area (Å²) in [5, 5.41) is 2.86. The van der Waals surface area contributed by atoms with Crippen LogP contribution in [0.3, 0.4) is 0 Å². The van der Waals surface area contributed by atoms with Gasteiger partial charge in [0.1, 0.15) is 6.26 Å². The summed E-state index contributed by atoms with van der Waals surface area (Å²) in [6, 6.07) is 9.43. The van der Waals surface area contributed by atoms with Gasteiger partial charge in [0.25, 0.3) is 5.89 Å². The summed E-state index contributed by atoms with van der Waals surface area (Å²) in [5.74, 6) is 0.149. The maximum atomic E-state index is 11.7. The van der Waals surface area contributed by atoms with E-state index in [1.54, 1.807) is 0 Å². The number of hydrogen-bond acceptors (Lipinski definition) is 4. The Labute approximate surface area is 129 Å². The predicted octanol–water partition coefficient (Wildman–Crippen LogP) is 3.84. The molecule has 1 aromatic carbocycles. The fourth-order valence-corrected chi connectivity index (χ4v) is 2.14. The zero-order chi connectivity index (χ0) is 15.6. The van der Waals surface area contributed by atoms with Gasteiger partial charge in [0.2, 0.25) is 11.7 Å². The molecule has 0 aliphatic rings. The minimum Gasteiger partial charge on any atom is -0.442 e. The topological polar surface area (TPSA) is 72.2 Å². The Kier molecular flexibility index (Phi) is 6.36. The molecule has 0 spiro atoms. The first kappa shape index (κ1) is 15.9. The Bertz CT molecular complexity index is 579. The number of nitrogens with one attached hydrogen (secondary N) is 1. The number of hydrogen-bond donors (Lipinski definition) is 1. The van der Waals surface area contributed by atoms with Crippen LogP contribution in [0, 0.1) is 0 Å². The van der Waals surface area contributed by atoms with Crippen molar-refractivity contribution in [1.29, 1.82) is 0 Å². The van der Waals surface area contributed by atoms with E-state index < -0.39 is 0 Å². The monoisotopic (exact) mass is 300 g/mol. The molecule has 2 rings (SSSR count). The Morgan fingerprint density at radius 3 is 2.41 bits per heavy atom. The zero-order valence-corrected chi connectivity index (χ0v) is 12.5. The molecule has 0 radical (unpaired) electrons. The number of para-hydroxylation sites is 1. The molecule has 1 N–H and O–H groups in total. The summed E-state index contributed by atoms with van der Waals surface area (Å²) in [5.41, 5.74) is 0.823. The average Bonchev–Trinajstić information content (AvgIpc) is 3.06. The van der Waals surface area contributed by atoms with Crippen LogP contribution in [0.15, 0.2) is 47.2 Å². The first-order valence-electron chi connectivity index (χ1n) is 7.53. The van der Waals surface area contributed by atoms with Crippen molar-refractivity contribution in [1.82, 2.24) is 4.98 Å². The van der Waals surface area contributed by atoms with Crippen molar-refractivity contribution in [3.8, 4) is 0 Å². The maximum Gasteiger partial charge on any atom is 0.263 e. The highest BCUT2D eigenvalue weighted by molar-refractivity contribution is 5.91. The van der Waals surface area contributed by atoms with Crippen molar-refractivity contribution >= 4 is 17.4 Å². The minimum atomic E-state index is -0.0631. The molecule has 22 heavy (non-hydrogen) atoms. The zero-order valence-electron chi connectivity index (χ0n) is 12.5. The number of Topliss-reactive ketones (excluding diaryl/α,β-unsaturated/α-hetero) is 1. The van der Waals surface area contributed by atoms with Crippen LogP contribution in [-0.4, -0.2) is 16.7 Å². The highest BCUT2D eigenvalue weighted by Gasteiger charge is 2.09. The van der Waals surface area contributed by atoms with E-state index in [9.17, 15) is 9.59 Å². The van der Waals surface area contributed by atoms with Crippen molar-refractivity contribution in [2.45, 2.75) is 38.5 Å². The number of rotatable bonds is 9. The summed E-state index contributed by atoms with van der Waals surface area (Å²) < 4.78 is 4.95. The van der Waals surface area contributed by atoms with E-state index in [-0.39, 0.29) is 17.6 Å². The number of aromatic nitrogens is 1. The van der Waals surface area contributed by atoms with Crippen LogP contribution in [-0.2, 0) is 4.79 Å². The lowest BCUT2D eigenvalue weighted by Gasteiger charge is -2.04. The minimum absolute atomic E-state index is 0.0297. The fourth-order valence-electron chi connectivity index (χ4n) is 2.14. The third-order valence-corrected chi connectivity index (χ3v) is 3.29. The maximum absolute atomic E-state index is 11.7. The molecule has 1 aromatic heterocycles. The SMILES string of the molecule is O=C(CCCCCCC(=O)c1ncco1)Nc1ccccc1. The summed E-state index contributed by atoms with van der Waals surface area (Å²) in [6.07, 6.45) is 7.29. The van der Waals surface area contributed by atoms with Gasteiger partial charge in [-0.05, 0) is 25.0 Å². The highest BCUT2D eigenvalue weighted by atomic mass is 16.3. The van der Waals surface area contributed by atoms with E-state index in [0.29, 0.717) is 12.8 Å². The van der Waals surface area contributed by atoms with Gasteiger partial charge >= 0.3 is 0 Å². The largest absolute Gasteiger partial charge is 0.442 e. The van der Waals surface area contributed by atoms with Gasteiger partial charge in [-0.15, -0.1) is 0 Å². The van der Waals surface area contributed by atoms with Crippen molar-refractivity contribution in [2.24, 2.45) is 0 Å². The molecule has 1 heterocycles. The van der Waals surface area contributed by atoms with Gasteiger partial charge in [-0.1, -0.05) is 31.0 Å². The number of carbonyl (C=O) groups is 2. The summed E-state index contributed by atoms with van der Waals surface area (Å²) in [6.45, 7) is 0. The van der Waals surface area contributed by atoms with E-state index in [1.165, 1.54) is 12.5 Å². The predicted molar refractivity (Wildman–Crippen MR) is 83.6 cm³/mol. The number of amides is 1. The number of unbranched alkanes of at least 4 members (excludes halogenated alkanes) is 3. The molecule has 0 atom stereocenters. The number of benzene rings is 1. The van der Waals surface area contributed by atoms with E-state index in [1.807, 2.05) is 30.3 Å². The summed E-state index contributed by atoms with van der Waals surface area (Å²) in [7, 11) is 0. The molecular weight excluding hydrogens is 280 g/mol. The van der Waals surface area contributed by atoms with Crippen LogP contribution in [0.25, 0.3) is 0 Å². The molecule has 0 unspecified atom stereocenters. The van der Waals surface area contributed by atoms with Crippen LogP contribution in [0.1, 0.15) is 49.2 Å². The third kappa shape index (κ3) is 5.52. The van der Waals surface area contributed by atoms with Crippen molar-refractivity contribution in [3.05, 3.63) is 48.7 Å². The van der Waals surface area contributed by atoms with Gasteiger partial charge in [0.15, 0.2) is 0 Å². The number of anilines is 1. The van der Waals surface area contributed by atoms with Gasteiger partial charge in [0.05, 0.1) is 6.20 Å². The molecule has 1 amide bonds. The van der Waals surface area contributed by atoms with E-state index in [4.69, 9.17) is 4.42 Å². The molecule has 0 bridgehead atoms. The molecule has 0 aliphatic carbocycles. The Morgan fingerprint density at radius 2 is 1.73 bits per heavy atom. The number of carbonyl (C=O) groups excluding carboxylic acids is 2. The molecule has 5 nitrogen and oxygen atoms in total. The fraction of sp³-hybridized carbons (Fsp3) is 0.353. The lowest BCUT2D eigenvalue weighted by atomic mass is 10.1. The van der Waals surface area contributed by atoms with Crippen LogP contribution in [0.4, 0.5) is 5.69 Å². The van der Waals surface area contributed by atoms with Gasteiger partial charge in [-0.3, -0.25) is 9.59 Å². The quantitative estimate of drug-likeness (QED) is 0.564. The Hall–Kier alpha value is -2.43. The van der Waals surface area contributed by atoms with Crippen LogP contribution in [0.2, 0.25) is 0 Å². The van der Waals surface area contributed by atoms with E-state index in [2.05, 4.69) is 10.3 Å². The second kappa shape index (κ2) is 8.77. The van der Waals surface area contributed by atoms with E-state index >= 15 is 0 Å². The van der Waals surface area contributed by atoms with Gasteiger partial charge in [-0.2, -0.15) is 0 Å². The van der Waals surface area contributed by atoms with Crippen molar-refractivity contribution in [3.63, 3.8) is 0 Å². The number of ketones is 1. The highest BCUT2D eigenvalue weighted by Crippen LogP contribution is 2.10. The lowest BCUT2D eigenvalue weighted by molar-refractivity contribution is -0.116. The first-order valence-corrected chi connectivity index (χ1v) is 7.53. The molecular formula is C17H20N2O3. The molecule has 2 aromatic rings. The normalized spacial score (nSPS) is 10.4. The summed E-state index contributed by atoms with van der Waals surface area (Å²) >= 11 is 0. The second-order valence-corrected chi connectivity index (χ2v) is 5.09. The average molecular weight is 300 g/mol. The first-order chi connectivity index (χ1) is 10.8. The van der Waals surface area contributed by atoms with Crippen molar-refractivity contribution in [2.75, 3.05) is 5.32 Å². The standard InChI is InChI=1S/C17H20N2O3/c20-15(17-18-12-13-22-17)10-6-1-2-7-11-16(21)19-14-8-4-3-5-9-14/h3-5,8-9,12-13H,1-2,6-7,10-11H2,(H,19,21). The van der Waals surface area contributed by atoms with Gasteiger partial charge < -0.3 is 9.73 Å². The Morgan fingerprint density at radius 1 is 1.00 bits per heavy atom.